The Labute approximate surface area is 136 Å². The van der Waals surface area contributed by atoms with Crippen LogP contribution in [0.4, 0.5) is 5.69 Å². The van der Waals surface area contributed by atoms with Crippen LogP contribution in [0.2, 0.25) is 0 Å². The van der Waals surface area contributed by atoms with Crippen molar-refractivity contribution in [3.63, 3.8) is 0 Å². The first kappa shape index (κ1) is 15.3. The summed E-state index contributed by atoms with van der Waals surface area (Å²) in [5, 5.41) is 0. The van der Waals surface area contributed by atoms with E-state index in [1.54, 1.807) is 11.9 Å². The number of amides is 1. The van der Waals surface area contributed by atoms with Gasteiger partial charge in [-0.05, 0) is 43.7 Å². The number of rotatable bonds is 2. The van der Waals surface area contributed by atoms with Gasteiger partial charge in [0.2, 0.25) is 0 Å². The van der Waals surface area contributed by atoms with Gasteiger partial charge in [0.25, 0.3) is 5.91 Å². The molecule has 2 aromatic rings. The van der Waals surface area contributed by atoms with Crippen molar-refractivity contribution in [2.24, 2.45) is 0 Å². The Hall–Kier alpha value is -1.13. The first-order valence-electron chi connectivity index (χ1n) is 6.20. The number of benzene rings is 2. The fourth-order valence-electron chi connectivity index (χ4n) is 2.16. The molecule has 1 amide bonds. The summed E-state index contributed by atoms with van der Waals surface area (Å²) in [6.45, 7) is 4.06. The molecule has 0 unspecified atom stereocenters. The lowest BCUT2D eigenvalue weighted by Gasteiger charge is -2.20. The Balaban J connectivity index is 2.37. The Morgan fingerprint density at radius 3 is 2.15 bits per heavy atom. The average molecular weight is 397 g/mol. The van der Waals surface area contributed by atoms with E-state index in [9.17, 15) is 4.79 Å². The molecular weight excluding hydrogens is 382 g/mol. The molecular formula is C16H15Br2NO. The highest BCUT2D eigenvalue weighted by Gasteiger charge is 2.16. The molecule has 0 radical (unpaired) electrons. The molecule has 0 spiro atoms. The maximum absolute atomic E-state index is 12.6. The lowest BCUT2D eigenvalue weighted by molar-refractivity contribution is 0.0992. The summed E-state index contributed by atoms with van der Waals surface area (Å²) >= 11 is 6.82. The highest BCUT2D eigenvalue weighted by atomic mass is 79.9. The van der Waals surface area contributed by atoms with Crippen molar-refractivity contribution in [2.75, 3.05) is 11.9 Å². The molecule has 104 valence electrons. The molecule has 0 heterocycles. The molecule has 20 heavy (non-hydrogen) atoms. The fourth-order valence-corrected chi connectivity index (χ4v) is 3.46. The van der Waals surface area contributed by atoms with Crippen molar-refractivity contribution < 1.29 is 4.79 Å². The van der Waals surface area contributed by atoms with Crippen LogP contribution in [0.25, 0.3) is 0 Å². The molecule has 0 aliphatic rings. The summed E-state index contributed by atoms with van der Waals surface area (Å²) < 4.78 is 1.76. The lowest BCUT2D eigenvalue weighted by atomic mass is 10.1. The summed E-state index contributed by atoms with van der Waals surface area (Å²) in [7, 11) is 1.80. The van der Waals surface area contributed by atoms with E-state index in [0.29, 0.717) is 5.56 Å². The molecule has 0 bridgehead atoms. The predicted molar refractivity (Wildman–Crippen MR) is 90.5 cm³/mol. The molecule has 2 aromatic carbocycles. The van der Waals surface area contributed by atoms with Gasteiger partial charge in [-0.3, -0.25) is 4.79 Å². The van der Waals surface area contributed by atoms with E-state index in [2.05, 4.69) is 37.9 Å². The van der Waals surface area contributed by atoms with Gasteiger partial charge in [0.1, 0.15) is 0 Å². The van der Waals surface area contributed by atoms with Crippen LogP contribution >= 0.6 is 31.9 Å². The number of nitrogens with zero attached hydrogens (tertiary/aromatic N) is 1. The number of hydrogen-bond donors (Lipinski definition) is 0. The van der Waals surface area contributed by atoms with Gasteiger partial charge in [-0.2, -0.15) is 0 Å². The first-order valence-corrected chi connectivity index (χ1v) is 7.78. The summed E-state index contributed by atoms with van der Waals surface area (Å²) in [5.74, 6) is -0.0287. The third-order valence-corrected chi connectivity index (χ3v) is 4.04. The second kappa shape index (κ2) is 6.10. The van der Waals surface area contributed by atoms with Crippen molar-refractivity contribution in [1.82, 2.24) is 0 Å². The molecule has 0 aliphatic carbocycles. The van der Waals surface area contributed by atoms with E-state index in [0.717, 1.165) is 20.2 Å². The van der Waals surface area contributed by atoms with Crippen molar-refractivity contribution in [3.05, 3.63) is 62.0 Å². The highest BCUT2D eigenvalue weighted by molar-refractivity contribution is 9.11. The summed E-state index contributed by atoms with van der Waals surface area (Å²) in [6, 6.07) is 11.6. The molecule has 0 aliphatic heterocycles. The molecule has 4 heteroatoms. The fraction of sp³-hybridized carbons (Fsp3) is 0.188. The van der Waals surface area contributed by atoms with Crippen LogP contribution in [0, 0.1) is 13.8 Å². The van der Waals surface area contributed by atoms with Gasteiger partial charge in [-0.15, -0.1) is 0 Å². The van der Waals surface area contributed by atoms with E-state index in [1.165, 1.54) is 5.56 Å². The summed E-state index contributed by atoms with van der Waals surface area (Å²) in [5.41, 5.74) is 3.86. The minimum atomic E-state index is -0.0287. The Morgan fingerprint density at radius 1 is 1.00 bits per heavy atom. The third-order valence-electron chi connectivity index (χ3n) is 3.13. The maximum Gasteiger partial charge on any atom is 0.258 e. The zero-order valence-electron chi connectivity index (χ0n) is 11.6. The lowest BCUT2D eigenvalue weighted by Crippen LogP contribution is -2.27. The van der Waals surface area contributed by atoms with E-state index in [-0.39, 0.29) is 5.91 Å². The maximum atomic E-state index is 12.6. The second-order valence-corrected chi connectivity index (χ2v) is 6.64. The molecule has 2 nitrogen and oxygen atoms in total. The first-order chi connectivity index (χ1) is 9.38. The number of hydrogen-bond acceptors (Lipinski definition) is 1. The van der Waals surface area contributed by atoms with Gasteiger partial charge >= 0.3 is 0 Å². The Bertz CT molecular complexity index is 647. The SMILES string of the molecule is Cc1ccc(N(C)C(=O)c2cc(Br)cc(Br)c2)c(C)c1. The normalized spacial score (nSPS) is 10.4. The molecule has 0 saturated heterocycles. The molecule has 0 saturated carbocycles. The molecule has 0 N–H and O–H groups in total. The van der Waals surface area contributed by atoms with Gasteiger partial charge in [0, 0.05) is 27.2 Å². The van der Waals surface area contributed by atoms with Crippen molar-refractivity contribution in [1.29, 1.82) is 0 Å². The van der Waals surface area contributed by atoms with E-state index >= 15 is 0 Å². The minimum Gasteiger partial charge on any atom is -0.311 e. The number of carbonyl (C=O) groups excluding carboxylic acids is 1. The minimum absolute atomic E-state index is 0.0287. The van der Waals surface area contributed by atoms with Crippen LogP contribution in [0.5, 0.6) is 0 Å². The monoisotopic (exact) mass is 395 g/mol. The van der Waals surface area contributed by atoms with Gasteiger partial charge in [0.05, 0.1) is 0 Å². The van der Waals surface area contributed by atoms with E-state index in [4.69, 9.17) is 0 Å². The van der Waals surface area contributed by atoms with Crippen molar-refractivity contribution >= 4 is 43.5 Å². The van der Waals surface area contributed by atoms with Gasteiger partial charge in [-0.25, -0.2) is 0 Å². The van der Waals surface area contributed by atoms with Crippen LogP contribution < -0.4 is 4.90 Å². The molecule has 0 fully saturated rings. The van der Waals surface area contributed by atoms with Crippen LogP contribution in [0.1, 0.15) is 21.5 Å². The van der Waals surface area contributed by atoms with Crippen LogP contribution in [-0.4, -0.2) is 13.0 Å². The number of carbonyl (C=O) groups is 1. The Morgan fingerprint density at radius 2 is 1.60 bits per heavy atom. The van der Waals surface area contributed by atoms with Gasteiger partial charge in [0.15, 0.2) is 0 Å². The van der Waals surface area contributed by atoms with Gasteiger partial charge < -0.3 is 4.90 Å². The smallest absolute Gasteiger partial charge is 0.258 e. The predicted octanol–water partition coefficient (Wildman–Crippen LogP) is 5.11. The summed E-state index contributed by atoms with van der Waals surface area (Å²) in [6.07, 6.45) is 0. The topological polar surface area (TPSA) is 20.3 Å². The molecule has 2 rings (SSSR count). The standard InChI is InChI=1S/C16H15Br2NO/c1-10-4-5-15(11(2)6-10)19(3)16(20)12-7-13(17)9-14(18)8-12/h4-9H,1-3H3. The number of halogens is 2. The average Bonchev–Trinajstić information content (AvgIpc) is 2.36. The zero-order valence-corrected chi connectivity index (χ0v) is 14.7. The van der Waals surface area contributed by atoms with E-state index < -0.39 is 0 Å². The second-order valence-electron chi connectivity index (χ2n) is 4.81. The van der Waals surface area contributed by atoms with Crippen molar-refractivity contribution in [3.8, 4) is 0 Å². The number of anilines is 1. The van der Waals surface area contributed by atoms with Crippen molar-refractivity contribution in [2.45, 2.75) is 13.8 Å². The van der Waals surface area contributed by atoms with E-state index in [1.807, 2.05) is 44.2 Å². The number of aryl methyl sites for hydroxylation is 2. The zero-order chi connectivity index (χ0) is 14.9. The quantitative estimate of drug-likeness (QED) is 0.690. The highest BCUT2D eigenvalue weighted by Crippen LogP contribution is 2.25. The molecule has 0 atom stereocenters. The van der Waals surface area contributed by atoms with Crippen LogP contribution in [-0.2, 0) is 0 Å². The Kier molecular flexibility index (Phi) is 4.66. The van der Waals surface area contributed by atoms with Gasteiger partial charge in [-0.1, -0.05) is 49.6 Å². The largest absolute Gasteiger partial charge is 0.311 e. The third kappa shape index (κ3) is 3.30. The molecule has 0 aromatic heterocycles. The van der Waals surface area contributed by atoms with Crippen LogP contribution in [0.15, 0.2) is 45.3 Å². The van der Waals surface area contributed by atoms with Crippen LogP contribution in [0.3, 0.4) is 0 Å². The summed E-state index contributed by atoms with van der Waals surface area (Å²) in [4.78, 5) is 14.3.